The van der Waals surface area contributed by atoms with Crippen LogP contribution in [0.25, 0.3) is 0 Å². The Morgan fingerprint density at radius 1 is 1.06 bits per heavy atom. The first-order chi connectivity index (χ1) is 16.8. The number of carbonyl (C=O) groups excluding carboxylic acids is 1. The summed E-state index contributed by atoms with van der Waals surface area (Å²) in [5.74, 6) is 1.05. The maximum Gasteiger partial charge on any atom is 0.303 e. The Bertz CT molecular complexity index is 785. The first kappa shape index (κ1) is 25.4. The van der Waals surface area contributed by atoms with Gasteiger partial charge in [-0.15, -0.1) is 0 Å². The van der Waals surface area contributed by atoms with E-state index in [4.69, 9.17) is 0 Å². The van der Waals surface area contributed by atoms with Gasteiger partial charge < -0.3 is 15.7 Å². The standard InChI is InChI=1S/C28H46FN3O3/c1-16-12-18(13-24(33)34)15-30-25(16)26(19-9-10-19)31-27(35)23-14-21-22(29)11-8-17(2)28(21,32-23)20-6-4-3-5-7-20/h16-23,25-26,30,32H,3-15H2,1-2H3,(H,31,35)(H,33,34). The van der Waals surface area contributed by atoms with E-state index in [9.17, 15) is 14.7 Å². The molecule has 4 N–H and O–H groups in total. The summed E-state index contributed by atoms with van der Waals surface area (Å²) in [6.07, 6.45) is 10.7. The number of carboxylic acids is 1. The van der Waals surface area contributed by atoms with Crippen LogP contribution in [0.2, 0.25) is 0 Å². The lowest BCUT2D eigenvalue weighted by Gasteiger charge is -2.52. The number of halogens is 1. The molecule has 3 saturated carbocycles. The van der Waals surface area contributed by atoms with Crippen LogP contribution in [-0.4, -0.2) is 53.4 Å². The normalized spacial score (nSPS) is 43.3. The molecule has 2 heterocycles. The van der Waals surface area contributed by atoms with Gasteiger partial charge in [0, 0.05) is 30.0 Å². The third kappa shape index (κ3) is 5.01. The fourth-order valence-electron chi connectivity index (χ4n) is 8.66. The zero-order valence-corrected chi connectivity index (χ0v) is 21.6. The van der Waals surface area contributed by atoms with Crippen LogP contribution in [0, 0.1) is 35.5 Å². The molecule has 2 aliphatic heterocycles. The predicted octanol–water partition coefficient (Wildman–Crippen LogP) is 4.04. The van der Waals surface area contributed by atoms with Gasteiger partial charge >= 0.3 is 5.97 Å². The van der Waals surface area contributed by atoms with E-state index in [0.29, 0.717) is 43.1 Å². The lowest BCUT2D eigenvalue weighted by atomic mass is 9.58. The topological polar surface area (TPSA) is 90.5 Å². The van der Waals surface area contributed by atoms with E-state index in [-0.39, 0.29) is 47.8 Å². The highest BCUT2D eigenvalue weighted by molar-refractivity contribution is 5.83. The molecule has 7 heteroatoms. The molecular formula is C28H46FN3O3. The molecule has 9 atom stereocenters. The fraction of sp³-hybridized carbons (Fsp3) is 0.929. The van der Waals surface area contributed by atoms with Crippen molar-refractivity contribution in [2.45, 2.75) is 121 Å². The number of carbonyl (C=O) groups is 2. The van der Waals surface area contributed by atoms with E-state index in [0.717, 1.165) is 38.5 Å². The number of aliphatic carboxylic acids is 1. The second kappa shape index (κ2) is 10.3. The second-order valence-electron chi connectivity index (χ2n) is 12.8. The Kier molecular flexibility index (Phi) is 7.47. The largest absolute Gasteiger partial charge is 0.481 e. The molecule has 0 spiro atoms. The van der Waals surface area contributed by atoms with Crippen LogP contribution >= 0.6 is 0 Å². The van der Waals surface area contributed by atoms with Crippen molar-refractivity contribution in [2.75, 3.05) is 6.54 Å². The molecule has 5 rings (SSSR count). The molecule has 198 valence electrons. The highest BCUT2D eigenvalue weighted by Crippen LogP contribution is 2.53. The van der Waals surface area contributed by atoms with Crippen LogP contribution in [0.1, 0.15) is 90.9 Å². The van der Waals surface area contributed by atoms with Crippen LogP contribution in [0.4, 0.5) is 4.39 Å². The molecule has 3 aliphatic carbocycles. The van der Waals surface area contributed by atoms with Gasteiger partial charge in [-0.25, -0.2) is 4.39 Å². The number of amides is 1. The van der Waals surface area contributed by atoms with Crippen molar-refractivity contribution in [1.82, 2.24) is 16.0 Å². The van der Waals surface area contributed by atoms with Crippen molar-refractivity contribution in [2.24, 2.45) is 35.5 Å². The Morgan fingerprint density at radius 2 is 1.80 bits per heavy atom. The van der Waals surface area contributed by atoms with E-state index < -0.39 is 12.1 Å². The van der Waals surface area contributed by atoms with Gasteiger partial charge in [-0.3, -0.25) is 14.9 Å². The molecule has 0 aromatic rings. The molecule has 1 amide bonds. The van der Waals surface area contributed by atoms with Crippen molar-refractivity contribution in [1.29, 1.82) is 0 Å². The number of hydrogen-bond acceptors (Lipinski definition) is 4. The third-order valence-corrected chi connectivity index (χ3v) is 10.5. The molecule has 35 heavy (non-hydrogen) atoms. The highest BCUT2D eigenvalue weighted by atomic mass is 19.1. The summed E-state index contributed by atoms with van der Waals surface area (Å²) in [7, 11) is 0. The van der Waals surface area contributed by atoms with Crippen molar-refractivity contribution >= 4 is 11.9 Å². The van der Waals surface area contributed by atoms with Crippen molar-refractivity contribution in [3.8, 4) is 0 Å². The van der Waals surface area contributed by atoms with Gasteiger partial charge in [0.15, 0.2) is 0 Å². The molecule has 0 aromatic carbocycles. The van der Waals surface area contributed by atoms with Crippen LogP contribution in [0.3, 0.4) is 0 Å². The summed E-state index contributed by atoms with van der Waals surface area (Å²) in [4.78, 5) is 24.9. The van der Waals surface area contributed by atoms with Crippen molar-refractivity contribution in [3.63, 3.8) is 0 Å². The van der Waals surface area contributed by atoms with Gasteiger partial charge in [-0.05, 0) is 87.5 Å². The molecule has 9 unspecified atom stereocenters. The lowest BCUT2D eigenvalue weighted by Crippen LogP contribution is -2.63. The maximum absolute atomic E-state index is 15.4. The molecule has 0 aromatic heterocycles. The van der Waals surface area contributed by atoms with E-state index in [1.54, 1.807) is 0 Å². The number of fused-ring (bicyclic) bond motifs is 1. The van der Waals surface area contributed by atoms with E-state index in [2.05, 4.69) is 29.8 Å². The van der Waals surface area contributed by atoms with Crippen molar-refractivity contribution < 1.29 is 19.1 Å². The average molecular weight is 492 g/mol. The Labute approximate surface area is 209 Å². The Hall–Kier alpha value is -1.21. The van der Waals surface area contributed by atoms with Crippen LogP contribution in [-0.2, 0) is 9.59 Å². The summed E-state index contributed by atoms with van der Waals surface area (Å²) in [5.41, 5.74) is -0.240. The number of rotatable bonds is 7. The molecule has 0 radical (unpaired) electrons. The summed E-state index contributed by atoms with van der Waals surface area (Å²) >= 11 is 0. The zero-order chi connectivity index (χ0) is 24.7. The number of alkyl halides is 1. The van der Waals surface area contributed by atoms with Crippen LogP contribution in [0.15, 0.2) is 0 Å². The van der Waals surface area contributed by atoms with Gasteiger partial charge in [0.25, 0.3) is 0 Å². The van der Waals surface area contributed by atoms with Crippen molar-refractivity contribution in [3.05, 3.63) is 0 Å². The number of piperidine rings is 1. The number of carboxylic acid groups (broad SMARTS) is 1. The fourth-order valence-corrected chi connectivity index (χ4v) is 8.66. The molecule has 5 fully saturated rings. The van der Waals surface area contributed by atoms with Crippen LogP contribution < -0.4 is 16.0 Å². The minimum absolute atomic E-state index is 0.0487. The first-order valence-corrected chi connectivity index (χ1v) is 14.5. The molecule has 5 aliphatic rings. The van der Waals surface area contributed by atoms with E-state index in [1.807, 2.05) is 0 Å². The SMILES string of the molecule is CC1CC(CC(=O)O)CNC1C(NC(=O)C1CC2C(F)CCC(C)C2(C2CCCCC2)N1)C1CC1. The summed E-state index contributed by atoms with van der Waals surface area (Å²) in [6.45, 7) is 5.16. The minimum atomic E-state index is -0.816. The second-order valence-corrected chi connectivity index (χ2v) is 12.8. The van der Waals surface area contributed by atoms with Gasteiger partial charge in [0.2, 0.25) is 5.91 Å². The van der Waals surface area contributed by atoms with E-state index >= 15 is 4.39 Å². The Balaban J connectivity index is 1.28. The monoisotopic (exact) mass is 491 g/mol. The average Bonchev–Trinajstić information content (AvgIpc) is 3.58. The van der Waals surface area contributed by atoms with Crippen LogP contribution in [0.5, 0.6) is 0 Å². The Morgan fingerprint density at radius 3 is 2.46 bits per heavy atom. The number of nitrogens with one attached hydrogen (secondary N) is 3. The highest BCUT2D eigenvalue weighted by Gasteiger charge is 2.60. The van der Waals surface area contributed by atoms with E-state index in [1.165, 1.54) is 19.3 Å². The predicted molar refractivity (Wildman–Crippen MR) is 134 cm³/mol. The van der Waals surface area contributed by atoms with Gasteiger partial charge in [-0.1, -0.05) is 33.1 Å². The van der Waals surface area contributed by atoms with Gasteiger partial charge in [-0.2, -0.15) is 0 Å². The quantitative estimate of drug-likeness (QED) is 0.432. The summed E-state index contributed by atoms with van der Waals surface area (Å²) in [6, 6.07) is -0.0853. The molecular weight excluding hydrogens is 445 g/mol. The summed E-state index contributed by atoms with van der Waals surface area (Å²) < 4.78 is 15.4. The first-order valence-electron chi connectivity index (χ1n) is 14.5. The number of hydrogen-bond donors (Lipinski definition) is 4. The summed E-state index contributed by atoms with van der Waals surface area (Å²) in [5, 5.41) is 20.1. The lowest BCUT2D eigenvalue weighted by molar-refractivity contribution is -0.138. The van der Waals surface area contributed by atoms with Gasteiger partial charge in [0.05, 0.1) is 6.04 Å². The minimum Gasteiger partial charge on any atom is -0.481 e. The molecule has 6 nitrogen and oxygen atoms in total. The third-order valence-electron chi connectivity index (χ3n) is 10.5. The molecule has 2 saturated heterocycles. The maximum atomic E-state index is 15.4. The molecule has 0 bridgehead atoms. The van der Waals surface area contributed by atoms with Gasteiger partial charge in [0.1, 0.15) is 6.17 Å². The smallest absolute Gasteiger partial charge is 0.303 e. The zero-order valence-electron chi connectivity index (χ0n) is 21.6.